The zero-order valence-corrected chi connectivity index (χ0v) is 15.9. The van der Waals surface area contributed by atoms with Crippen LogP contribution in [0.5, 0.6) is 0 Å². The third kappa shape index (κ3) is 6.10. The molecule has 2 aliphatic rings. The Bertz CT molecular complexity index is 629. The van der Waals surface area contributed by atoms with Crippen LogP contribution in [-0.2, 0) is 29.2 Å². The second-order valence-corrected chi connectivity index (χ2v) is 8.77. The maximum atomic E-state index is 13.2. The lowest BCUT2D eigenvalue weighted by Crippen LogP contribution is -2.37. The molecule has 0 bridgehead atoms. The van der Waals surface area contributed by atoms with Crippen LogP contribution in [0.15, 0.2) is 0 Å². The number of hydrogen-bond acceptors (Lipinski definition) is 6. The van der Waals surface area contributed by atoms with E-state index in [9.17, 15) is 26.8 Å². The molecule has 156 valence electrons. The summed E-state index contributed by atoms with van der Waals surface area (Å²) < 4.78 is 66.3. The lowest BCUT2D eigenvalue weighted by atomic mass is 9.79. The molecule has 1 N–H and O–H groups in total. The van der Waals surface area contributed by atoms with Gasteiger partial charge in [-0.3, -0.25) is 14.1 Å². The van der Waals surface area contributed by atoms with Gasteiger partial charge in [0, 0.05) is 0 Å². The van der Waals surface area contributed by atoms with Crippen LogP contribution in [-0.4, -0.2) is 42.9 Å². The van der Waals surface area contributed by atoms with Gasteiger partial charge in [-0.1, -0.05) is 19.3 Å². The lowest BCUT2D eigenvalue weighted by Gasteiger charge is -2.30. The number of esters is 2. The van der Waals surface area contributed by atoms with Crippen molar-refractivity contribution in [3.8, 4) is 0 Å². The highest BCUT2D eigenvalue weighted by Crippen LogP contribution is 2.34. The Labute approximate surface area is 157 Å². The molecule has 2 rings (SSSR count). The van der Waals surface area contributed by atoms with Crippen LogP contribution < -0.4 is 0 Å². The third-order valence-corrected chi connectivity index (χ3v) is 6.18. The SMILES string of the molecule is O=C(OCCC(F)(F)S(=O)(=O)O)C1CCCCC1C(=O)OC1CCCCC1. The molecule has 0 amide bonds. The summed E-state index contributed by atoms with van der Waals surface area (Å²) >= 11 is 0. The number of carbonyl (C=O) groups excluding carboxylic acids is 2. The van der Waals surface area contributed by atoms with Crippen molar-refractivity contribution in [2.45, 2.75) is 75.6 Å². The van der Waals surface area contributed by atoms with Crippen molar-refractivity contribution < 1.29 is 40.8 Å². The Hall–Kier alpha value is -1.29. The number of halogens is 2. The van der Waals surface area contributed by atoms with Gasteiger partial charge in [-0.25, -0.2) is 0 Å². The first-order valence-electron chi connectivity index (χ1n) is 9.34. The van der Waals surface area contributed by atoms with Crippen LogP contribution in [0.25, 0.3) is 0 Å². The molecule has 0 saturated heterocycles. The molecule has 2 aliphatic carbocycles. The van der Waals surface area contributed by atoms with E-state index in [1.54, 1.807) is 0 Å². The van der Waals surface area contributed by atoms with E-state index >= 15 is 0 Å². The van der Waals surface area contributed by atoms with Crippen molar-refractivity contribution in [2.24, 2.45) is 11.8 Å². The summed E-state index contributed by atoms with van der Waals surface area (Å²) in [5, 5.41) is -4.39. The van der Waals surface area contributed by atoms with E-state index < -0.39 is 52.2 Å². The van der Waals surface area contributed by atoms with Gasteiger partial charge in [-0.05, 0) is 38.5 Å². The Balaban J connectivity index is 1.89. The zero-order chi connectivity index (χ0) is 20.1. The molecular formula is C17H26F2O7S. The quantitative estimate of drug-likeness (QED) is 0.506. The first-order chi connectivity index (χ1) is 12.6. The van der Waals surface area contributed by atoms with Crippen molar-refractivity contribution in [2.75, 3.05) is 6.61 Å². The van der Waals surface area contributed by atoms with E-state index in [2.05, 4.69) is 0 Å². The molecule has 2 saturated carbocycles. The maximum absolute atomic E-state index is 13.2. The molecule has 0 aromatic rings. The van der Waals surface area contributed by atoms with Gasteiger partial charge in [0.15, 0.2) is 0 Å². The number of ether oxygens (including phenoxy) is 2. The predicted octanol–water partition coefficient (Wildman–Crippen LogP) is 3.08. The topological polar surface area (TPSA) is 107 Å². The van der Waals surface area contributed by atoms with E-state index in [0.29, 0.717) is 19.3 Å². The Kier molecular flexibility index (Phi) is 7.55. The number of alkyl halides is 2. The van der Waals surface area contributed by atoms with Crippen molar-refractivity contribution in [3.63, 3.8) is 0 Å². The molecule has 2 unspecified atom stereocenters. The smallest absolute Gasteiger partial charge is 0.373 e. The average molecular weight is 412 g/mol. The van der Waals surface area contributed by atoms with Crippen LogP contribution in [0.1, 0.15) is 64.2 Å². The minimum absolute atomic E-state index is 0.140. The number of carbonyl (C=O) groups is 2. The van der Waals surface area contributed by atoms with Gasteiger partial charge in [0.2, 0.25) is 0 Å². The Morgan fingerprint density at radius 1 is 0.926 bits per heavy atom. The van der Waals surface area contributed by atoms with Crippen molar-refractivity contribution in [1.82, 2.24) is 0 Å². The van der Waals surface area contributed by atoms with Crippen molar-refractivity contribution in [3.05, 3.63) is 0 Å². The fourth-order valence-electron chi connectivity index (χ4n) is 3.64. The highest BCUT2D eigenvalue weighted by Gasteiger charge is 2.44. The van der Waals surface area contributed by atoms with Crippen molar-refractivity contribution >= 4 is 22.1 Å². The second kappa shape index (κ2) is 9.27. The van der Waals surface area contributed by atoms with Crippen LogP contribution >= 0.6 is 0 Å². The van der Waals surface area contributed by atoms with Gasteiger partial charge in [-0.15, -0.1) is 0 Å². The lowest BCUT2D eigenvalue weighted by molar-refractivity contribution is -0.167. The van der Waals surface area contributed by atoms with E-state index in [4.69, 9.17) is 14.0 Å². The summed E-state index contributed by atoms with van der Waals surface area (Å²) in [7, 11) is -5.56. The molecule has 2 atom stereocenters. The fraction of sp³-hybridized carbons (Fsp3) is 0.882. The molecule has 0 spiro atoms. The van der Waals surface area contributed by atoms with Gasteiger partial charge in [0.25, 0.3) is 0 Å². The van der Waals surface area contributed by atoms with Gasteiger partial charge in [0.05, 0.1) is 24.9 Å². The molecule has 10 heteroatoms. The molecule has 0 aromatic heterocycles. The molecular weight excluding hydrogens is 386 g/mol. The molecule has 0 radical (unpaired) electrons. The maximum Gasteiger partial charge on any atom is 0.373 e. The summed E-state index contributed by atoms with van der Waals surface area (Å²) in [6.45, 7) is -0.869. The van der Waals surface area contributed by atoms with Gasteiger partial charge >= 0.3 is 27.3 Å². The normalized spacial score (nSPS) is 25.0. The standard InChI is InChI=1S/C17H26F2O7S/c18-17(19,27(22,23)24)10-11-25-15(20)13-8-4-5-9-14(13)16(21)26-12-6-2-1-3-7-12/h12-14H,1-11H2,(H,22,23,24). The first kappa shape index (κ1) is 22.0. The number of hydrogen-bond donors (Lipinski definition) is 1. The van der Waals surface area contributed by atoms with E-state index in [-0.39, 0.29) is 6.10 Å². The molecule has 27 heavy (non-hydrogen) atoms. The monoisotopic (exact) mass is 412 g/mol. The van der Waals surface area contributed by atoms with E-state index in [1.165, 1.54) is 0 Å². The Morgan fingerprint density at radius 2 is 1.44 bits per heavy atom. The van der Waals surface area contributed by atoms with Gasteiger partial charge in [-0.2, -0.15) is 17.2 Å². The molecule has 0 heterocycles. The van der Waals surface area contributed by atoms with Crippen LogP contribution in [0, 0.1) is 11.8 Å². The second-order valence-electron chi connectivity index (χ2n) is 7.22. The third-order valence-electron chi connectivity index (χ3n) is 5.22. The first-order valence-corrected chi connectivity index (χ1v) is 10.8. The highest BCUT2D eigenvalue weighted by atomic mass is 32.2. The van der Waals surface area contributed by atoms with Crippen LogP contribution in [0.4, 0.5) is 8.78 Å². The summed E-state index contributed by atoms with van der Waals surface area (Å²) in [5.74, 6) is -2.72. The average Bonchev–Trinajstić information content (AvgIpc) is 2.61. The largest absolute Gasteiger partial charge is 0.465 e. The van der Waals surface area contributed by atoms with E-state index in [0.717, 1.165) is 38.5 Å². The predicted molar refractivity (Wildman–Crippen MR) is 90.5 cm³/mol. The van der Waals surface area contributed by atoms with Crippen LogP contribution in [0.3, 0.4) is 0 Å². The summed E-state index contributed by atoms with van der Waals surface area (Å²) in [6, 6.07) is 0. The Morgan fingerprint density at radius 3 is 2.00 bits per heavy atom. The minimum atomic E-state index is -5.56. The van der Waals surface area contributed by atoms with Crippen molar-refractivity contribution in [1.29, 1.82) is 0 Å². The molecule has 7 nitrogen and oxygen atoms in total. The van der Waals surface area contributed by atoms with Gasteiger partial charge < -0.3 is 9.47 Å². The van der Waals surface area contributed by atoms with E-state index in [1.807, 2.05) is 0 Å². The van der Waals surface area contributed by atoms with Crippen LogP contribution in [0.2, 0.25) is 0 Å². The fourth-order valence-corrected chi connectivity index (χ4v) is 3.98. The highest BCUT2D eigenvalue weighted by molar-refractivity contribution is 7.86. The molecule has 2 fully saturated rings. The molecule has 0 aromatic carbocycles. The van der Waals surface area contributed by atoms with Gasteiger partial charge in [0.1, 0.15) is 6.10 Å². The number of rotatable bonds is 7. The molecule has 0 aliphatic heterocycles. The summed E-state index contributed by atoms with van der Waals surface area (Å²) in [4.78, 5) is 24.7. The minimum Gasteiger partial charge on any atom is -0.465 e. The zero-order valence-electron chi connectivity index (χ0n) is 15.1. The summed E-state index contributed by atoms with van der Waals surface area (Å²) in [6.07, 6.45) is 5.54. The summed E-state index contributed by atoms with van der Waals surface area (Å²) in [5.41, 5.74) is 0.